The predicted molar refractivity (Wildman–Crippen MR) is 81.2 cm³/mol. The molecule has 1 heterocycles. The molecule has 0 aliphatic heterocycles. The topological polar surface area (TPSA) is 68.3 Å². The zero-order valence-electron chi connectivity index (χ0n) is 11.5. The Morgan fingerprint density at radius 2 is 2.05 bits per heavy atom. The second-order valence-electron chi connectivity index (χ2n) is 5.12. The highest BCUT2D eigenvalue weighted by Crippen LogP contribution is 2.26. The third-order valence-corrected chi connectivity index (χ3v) is 4.53. The van der Waals surface area contributed by atoms with Gasteiger partial charge in [-0.2, -0.15) is 0 Å². The van der Waals surface area contributed by atoms with Gasteiger partial charge in [-0.05, 0) is 25.0 Å². The van der Waals surface area contributed by atoms with E-state index in [9.17, 15) is 9.59 Å². The fraction of sp³-hybridized carbons (Fsp3) is 0.400. The number of anilines is 1. The predicted octanol–water partition coefficient (Wildman–Crippen LogP) is 2.97. The van der Waals surface area contributed by atoms with Crippen molar-refractivity contribution < 1.29 is 14.3 Å². The maximum absolute atomic E-state index is 11.8. The highest BCUT2D eigenvalue weighted by Gasteiger charge is 2.24. The van der Waals surface area contributed by atoms with E-state index in [-0.39, 0.29) is 24.4 Å². The minimum Gasteiger partial charge on any atom is -0.455 e. The lowest BCUT2D eigenvalue weighted by Gasteiger charge is -2.08. The Morgan fingerprint density at radius 1 is 1.29 bits per heavy atom. The summed E-state index contributed by atoms with van der Waals surface area (Å²) >= 11 is 1.40. The Balaban J connectivity index is 1.52. The minimum atomic E-state index is -0.347. The van der Waals surface area contributed by atoms with Crippen molar-refractivity contribution in [3.8, 4) is 0 Å². The van der Waals surface area contributed by atoms with Gasteiger partial charge >= 0.3 is 5.97 Å². The van der Waals surface area contributed by atoms with Gasteiger partial charge in [0.05, 0.1) is 16.1 Å². The minimum absolute atomic E-state index is 0.0275. The number of hydrogen-bond acceptors (Lipinski definition) is 5. The Kier molecular flexibility index (Phi) is 4.15. The van der Waals surface area contributed by atoms with Crippen LogP contribution in [-0.4, -0.2) is 23.5 Å². The van der Waals surface area contributed by atoms with E-state index in [1.165, 1.54) is 11.3 Å². The van der Waals surface area contributed by atoms with Gasteiger partial charge in [-0.3, -0.25) is 14.9 Å². The number of amides is 1. The van der Waals surface area contributed by atoms with E-state index in [2.05, 4.69) is 10.3 Å². The Hall–Kier alpha value is -1.95. The van der Waals surface area contributed by atoms with Crippen molar-refractivity contribution in [1.29, 1.82) is 0 Å². The zero-order chi connectivity index (χ0) is 14.7. The monoisotopic (exact) mass is 304 g/mol. The molecule has 110 valence electrons. The van der Waals surface area contributed by atoms with E-state index < -0.39 is 0 Å². The van der Waals surface area contributed by atoms with Crippen LogP contribution < -0.4 is 5.32 Å². The SMILES string of the molecule is O=C(COC(=O)C1CCCC1)Nc1nc2ccccc2s1. The molecule has 3 rings (SSSR count). The van der Waals surface area contributed by atoms with Crippen molar-refractivity contribution in [2.24, 2.45) is 5.92 Å². The maximum atomic E-state index is 11.8. The van der Waals surface area contributed by atoms with Gasteiger partial charge in [0.15, 0.2) is 11.7 Å². The first-order valence-electron chi connectivity index (χ1n) is 7.04. The van der Waals surface area contributed by atoms with Crippen molar-refractivity contribution in [3.63, 3.8) is 0 Å². The van der Waals surface area contributed by atoms with E-state index in [4.69, 9.17) is 4.74 Å². The van der Waals surface area contributed by atoms with Gasteiger partial charge in [0.2, 0.25) is 0 Å². The molecule has 1 N–H and O–H groups in total. The summed E-state index contributed by atoms with van der Waals surface area (Å²) in [7, 11) is 0. The number of nitrogens with one attached hydrogen (secondary N) is 1. The lowest BCUT2D eigenvalue weighted by Crippen LogP contribution is -2.23. The molecule has 1 saturated carbocycles. The Morgan fingerprint density at radius 3 is 2.81 bits per heavy atom. The van der Waals surface area contributed by atoms with E-state index >= 15 is 0 Å². The highest BCUT2D eigenvalue weighted by atomic mass is 32.1. The lowest BCUT2D eigenvalue weighted by molar-refractivity contribution is -0.151. The number of benzene rings is 1. The van der Waals surface area contributed by atoms with E-state index in [0.29, 0.717) is 5.13 Å². The summed E-state index contributed by atoms with van der Waals surface area (Å²) in [6, 6.07) is 7.66. The number of hydrogen-bond donors (Lipinski definition) is 1. The van der Waals surface area contributed by atoms with Gasteiger partial charge in [-0.15, -0.1) is 0 Å². The average Bonchev–Trinajstić information content (AvgIpc) is 3.13. The number of aromatic nitrogens is 1. The molecule has 21 heavy (non-hydrogen) atoms. The molecule has 1 aromatic carbocycles. The van der Waals surface area contributed by atoms with Crippen LogP contribution in [0.25, 0.3) is 10.2 Å². The van der Waals surface area contributed by atoms with Gasteiger partial charge in [0.25, 0.3) is 5.91 Å². The molecule has 0 bridgehead atoms. The highest BCUT2D eigenvalue weighted by molar-refractivity contribution is 7.22. The number of carbonyl (C=O) groups is 2. The van der Waals surface area contributed by atoms with Crippen LogP contribution in [0, 0.1) is 5.92 Å². The molecule has 6 heteroatoms. The summed E-state index contributed by atoms with van der Waals surface area (Å²) in [6.45, 7) is -0.245. The van der Waals surface area contributed by atoms with Crippen LogP contribution >= 0.6 is 11.3 Å². The summed E-state index contributed by atoms with van der Waals surface area (Å²) in [4.78, 5) is 27.8. The lowest BCUT2D eigenvalue weighted by atomic mass is 10.1. The smallest absolute Gasteiger partial charge is 0.309 e. The fourth-order valence-corrected chi connectivity index (χ4v) is 3.38. The Labute approximate surface area is 126 Å². The van der Waals surface area contributed by atoms with Gasteiger partial charge in [-0.1, -0.05) is 36.3 Å². The molecule has 1 aromatic heterocycles. The summed E-state index contributed by atoms with van der Waals surface area (Å²) in [5.41, 5.74) is 0.848. The molecule has 5 nitrogen and oxygen atoms in total. The second-order valence-corrected chi connectivity index (χ2v) is 6.15. The van der Waals surface area contributed by atoms with Crippen LogP contribution in [0.4, 0.5) is 5.13 Å². The molecule has 1 fully saturated rings. The summed E-state index contributed by atoms with van der Waals surface area (Å²) < 4.78 is 6.07. The average molecular weight is 304 g/mol. The van der Waals surface area contributed by atoms with Gasteiger partial charge < -0.3 is 4.74 Å². The number of nitrogens with zero attached hydrogens (tertiary/aromatic N) is 1. The molecular weight excluding hydrogens is 288 g/mol. The number of ether oxygens (including phenoxy) is 1. The molecule has 1 amide bonds. The van der Waals surface area contributed by atoms with Crippen LogP contribution in [0.2, 0.25) is 0 Å². The molecular formula is C15H16N2O3S. The summed E-state index contributed by atoms with van der Waals surface area (Å²) in [6.07, 6.45) is 3.88. The maximum Gasteiger partial charge on any atom is 0.309 e. The number of thiazole rings is 1. The number of para-hydroxylation sites is 1. The van der Waals surface area contributed by atoms with Crippen LogP contribution in [0.5, 0.6) is 0 Å². The quantitative estimate of drug-likeness (QED) is 0.882. The van der Waals surface area contributed by atoms with E-state index in [0.717, 1.165) is 35.9 Å². The van der Waals surface area contributed by atoms with Gasteiger partial charge in [-0.25, -0.2) is 4.98 Å². The molecule has 0 saturated heterocycles. The number of fused-ring (bicyclic) bond motifs is 1. The standard InChI is InChI=1S/C15H16N2O3S/c18-13(9-20-14(19)10-5-1-2-6-10)17-15-16-11-7-3-4-8-12(11)21-15/h3-4,7-8,10H,1-2,5-6,9H2,(H,16,17,18). The molecule has 0 radical (unpaired) electrons. The zero-order valence-corrected chi connectivity index (χ0v) is 12.3. The van der Waals surface area contributed by atoms with E-state index in [1.807, 2.05) is 24.3 Å². The van der Waals surface area contributed by atoms with Crippen molar-refractivity contribution in [1.82, 2.24) is 4.98 Å². The third kappa shape index (κ3) is 3.39. The third-order valence-electron chi connectivity index (χ3n) is 3.57. The van der Waals surface area contributed by atoms with Crippen LogP contribution in [-0.2, 0) is 14.3 Å². The van der Waals surface area contributed by atoms with Crippen LogP contribution in [0.15, 0.2) is 24.3 Å². The fourth-order valence-electron chi connectivity index (χ4n) is 2.50. The second kappa shape index (κ2) is 6.22. The molecule has 1 aliphatic carbocycles. The van der Waals surface area contributed by atoms with Gasteiger partial charge in [0, 0.05) is 0 Å². The molecule has 0 spiro atoms. The van der Waals surface area contributed by atoms with Gasteiger partial charge in [0.1, 0.15) is 0 Å². The summed E-state index contributed by atoms with van der Waals surface area (Å²) in [5.74, 6) is -0.632. The number of rotatable bonds is 4. The first-order chi connectivity index (χ1) is 10.2. The van der Waals surface area contributed by atoms with Crippen molar-refractivity contribution in [2.45, 2.75) is 25.7 Å². The van der Waals surface area contributed by atoms with Crippen molar-refractivity contribution in [3.05, 3.63) is 24.3 Å². The van der Waals surface area contributed by atoms with Crippen LogP contribution in [0.3, 0.4) is 0 Å². The Bertz CT molecular complexity index is 629. The normalized spacial score (nSPS) is 15.2. The molecule has 1 aliphatic rings. The molecule has 0 unspecified atom stereocenters. The van der Waals surface area contributed by atoms with E-state index in [1.54, 1.807) is 0 Å². The number of esters is 1. The van der Waals surface area contributed by atoms with Crippen molar-refractivity contribution >= 4 is 38.6 Å². The largest absolute Gasteiger partial charge is 0.455 e. The summed E-state index contributed by atoms with van der Waals surface area (Å²) in [5, 5.41) is 3.19. The van der Waals surface area contributed by atoms with Crippen LogP contribution in [0.1, 0.15) is 25.7 Å². The molecule has 0 atom stereocenters. The van der Waals surface area contributed by atoms with Crippen molar-refractivity contribution in [2.75, 3.05) is 11.9 Å². The molecule has 2 aromatic rings. The first kappa shape index (κ1) is 14.0. The first-order valence-corrected chi connectivity index (χ1v) is 7.86. The number of carbonyl (C=O) groups excluding carboxylic acids is 2.